The summed E-state index contributed by atoms with van der Waals surface area (Å²) in [6.45, 7) is 19.7. The minimum Gasteiger partial charge on any atom is -0.511 e. The van der Waals surface area contributed by atoms with E-state index in [0.29, 0.717) is 12.0 Å². The molecule has 0 radical (unpaired) electrons. The van der Waals surface area contributed by atoms with Crippen LogP contribution in [0.4, 0.5) is 0 Å². The first-order valence-corrected chi connectivity index (χ1v) is 23.7. The molecule has 2 aromatic carbocycles. The van der Waals surface area contributed by atoms with Crippen LogP contribution >= 0.6 is 11.8 Å². The maximum atomic E-state index is 13.0. The van der Waals surface area contributed by atoms with Gasteiger partial charge in [0.1, 0.15) is 34.9 Å². The Balaban J connectivity index is 0.000000232. The van der Waals surface area contributed by atoms with Gasteiger partial charge in [0.2, 0.25) is 0 Å². The van der Waals surface area contributed by atoms with Crippen LogP contribution in [0, 0.1) is 46.5 Å². The van der Waals surface area contributed by atoms with E-state index in [1.165, 1.54) is 12.3 Å². The predicted octanol–water partition coefficient (Wildman–Crippen LogP) is 10.1. The van der Waals surface area contributed by atoms with Crippen LogP contribution in [0.3, 0.4) is 0 Å². The molecule has 2 aliphatic rings. The highest BCUT2D eigenvalue weighted by Crippen LogP contribution is 2.38. The van der Waals surface area contributed by atoms with Crippen molar-refractivity contribution in [3.63, 3.8) is 0 Å². The minimum atomic E-state index is -3.65. The van der Waals surface area contributed by atoms with E-state index < -0.39 is 33.8 Å². The van der Waals surface area contributed by atoms with Crippen molar-refractivity contribution in [2.75, 3.05) is 11.5 Å². The molecule has 326 valence electrons. The summed E-state index contributed by atoms with van der Waals surface area (Å²) in [6.07, 6.45) is 4.96. The van der Waals surface area contributed by atoms with Crippen molar-refractivity contribution < 1.29 is 37.7 Å². The highest BCUT2D eigenvalue weighted by Gasteiger charge is 2.37. The van der Waals surface area contributed by atoms with Gasteiger partial charge >= 0.3 is 11.9 Å². The van der Waals surface area contributed by atoms with Crippen LogP contribution in [-0.4, -0.2) is 64.3 Å². The molecule has 10 nitrogen and oxygen atoms in total. The fourth-order valence-electron chi connectivity index (χ4n) is 7.98. The van der Waals surface area contributed by atoms with Crippen LogP contribution in [0.15, 0.2) is 82.5 Å². The lowest BCUT2D eigenvalue weighted by Crippen LogP contribution is -2.35. The zero-order chi connectivity index (χ0) is 44.8. The summed E-state index contributed by atoms with van der Waals surface area (Å²) in [4.78, 5) is 34.3. The average Bonchev–Trinajstić information content (AvgIpc) is 3.20. The minimum absolute atomic E-state index is 0.00244. The third kappa shape index (κ3) is 11.3. The molecule has 2 aliphatic heterocycles. The van der Waals surface area contributed by atoms with Gasteiger partial charge in [-0.05, 0) is 111 Å². The molecule has 4 aromatic rings. The molecule has 4 heterocycles. The maximum absolute atomic E-state index is 13.0. The van der Waals surface area contributed by atoms with Gasteiger partial charge in [-0.3, -0.25) is 0 Å². The number of pyridine rings is 2. The quantitative estimate of drug-likeness (QED) is 0.0975. The number of esters is 2. The number of cyclic esters (lactones) is 2. The second-order valence-electron chi connectivity index (χ2n) is 16.5. The number of benzene rings is 2. The van der Waals surface area contributed by atoms with Crippen LogP contribution in [0.25, 0.3) is 11.1 Å². The molecule has 4 atom stereocenters. The number of aliphatic hydroxyl groups is 2. The Hall–Kier alpha value is -4.94. The third-order valence-electron chi connectivity index (χ3n) is 11.3. The fourth-order valence-corrected chi connectivity index (χ4v) is 10.5. The Bertz CT molecular complexity index is 2400. The van der Waals surface area contributed by atoms with Crippen molar-refractivity contribution in [2.45, 2.75) is 124 Å². The van der Waals surface area contributed by atoms with Gasteiger partial charge in [0, 0.05) is 42.8 Å². The van der Waals surface area contributed by atoms with Crippen molar-refractivity contribution >= 4 is 44.7 Å². The predicted molar refractivity (Wildman–Crippen MR) is 242 cm³/mol. The summed E-state index contributed by atoms with van der Waals surface area (Å²) in [5.41, 5.74) is 10.4. The first-order chi connectivity index (χ1) is 28.9. The molecule has 0 amide bonds. The fraction of sp³-hybridized carbons (Fsp3) is 0.429. The zero-order valence-corrected chi connectivity index (χ0v) is 38.7. The monoisotopic (exact) mass is 868 g/mol. The number of nitrogens with zero attached hydrogens (tertiary/aromatic N) is 2. The number of hydrogen-bond donors (Lipinski definition) is 2. The number of carbonyl (C=O) groups excluding carboxylic acids is 2. The molecule has 2 N–H and O–H groups in total. The molecule has 0 bridgehead atoms. The second-order valence-corrected chi connectivity index (χ2v) is 19.5. The molecule has 0 fully saturated rings. The zero-order valence-electron chi connectivity index (χ0n) is 37.1. The molecule has 61 heavy (non-hydrogen) atoms. The first kappa shape index (κ1) is 47.1. The van der Waals surface area contributed by atoms with Gasteiger partial charge in [-0.25, -0.2) is 28.0 Å². The normalized spacial score (nSPS) is 17.9. The lowest BCUT2D eigenvalue weighted by atomic mass is 9.86. The molecule has 2 aromatic heterocycles. The number of sulfone groups is 1. The lowest BCUT2D eigenvalue weighted by molar-refractivity contribution is -0.146. The van der Waals surface area contributed by atoms with Crippen molar-refractivity contribution in [2.24, 2.45) is 11.8 Å². The summed E-state index contributed by atoms with van der Waals surface area (Å²) in [7, 11) is -3.65. The second kappa shape index (κ2) is 20.3. The lowest BCUT2D eigenvalue weighted by Gasteiger charge is -2.30. The SMILES string of the molecule is CCc1cc(C)cc(C)c1C1=C(O)CC(C(C)CSc2ccc(C)cn2)OC1=O.CCc1cc(C)cc(CC)c1C1=C(O)CC(C(C)CS(=O)(=O)c2ccc(C)cn2)OC1=O. The number of ether oxygens (including phenoxy) is 2. The molecule has 0 saturated heterocycles. The van der Waals surface area contributed by atoms with Crippen LogP contribution in [-0.2, 0) is 48.2 Å². The van der Waals surface area contributed by atoms with Gasteiger partial charge in [-0.2, -0.15) is 0 Å². The number of aliphatic hydroxyl groups excluding tert-OH is 2. The number of aromatic nitrogens is 2. The molecular formula is C49H60N2O8S2. The summed E-state index contributed by atoms with van der Waals surface area (Å²) in [5.74, 6) is -0.814. The van der Waals surface area contributed by atoms with Gasteiger partial charge in [0.05, 0.1) is 10.8 Å². The maximum Gasteiger partial charge on any atom is 0.342 e. The number of thioether (sulfide) groups is 1. The van der Waals surface area contributed by atoms with E-state index in [1.807, 2.05) is 91.9 Å². The summed E-state index contributed by atoms with van der Waals surface area (Å²) in [6, 6.07) is 15.4. The van der Waals surface area contributed by atoms with Crippen LogP contribution < -0.4 is 0 Å². The summed E-state index contributed by atoms with van der Waals surface area (Å²) >= 11 is 1.64. The van der Waals surface area contributed by atoms with E-state index in [9.17, 15) is 28.2 Å². The average molecular weight is 869 g/mol. The summed E-state index contributed by atoms with van der Waals surface area (Å²) in [5, 5.41) is 22.6. The Kier molecular flexibility index (Phi) is 15.7. The topological polar surface area (TPSA) is 153 Å². The molecule has 0 spiro atoms. The van der Waals surface area contributed by atoms with Gasteiger partial charge in [0.15, 0.2) is 14.9 Å². The molecule has 0 saturated carbocycles. The first-order valence-electron chi connectivity index (χ1n) is 21.1. The van der Waals surface area contributed by atoms with Crippen LogP contribution in [0.5, 0.6) is 0 Å². The number of rotatable bonds is 13. The van der Waals surface area contributed by atoms with Gasteiger partial charge in [-0.1, -0.05) is 82.1 Å². The van der Waals surface area contributed by atoms with E-state index in [1.54, 1.807) is 24.8 Å². The molecule has 6 rings (SSSR count). The number of aryl methyl sites for hydroxylation is 8. The van der Waals surface area contributed by atoms with E-state index in [0.717, 1.165) is 85.7 Å². The molecule has 0 aliphatic carbocycles. The van der Waals surface area contributed by atoms with Crippen molar-refractivity contribution in [1.82, 2.24) is 9.97 Å². The Morgan fingerprint density at radius 2 is 1.15 bits per heavy atom. The van der Waals surface area contributed by atoms with Crippen molar-refractivity contribution in [3.05, 3.63) is 128 Å². The molecule has 4 unspecified atom stereocenters. The highest BCUT2D eigenvalue weighted by molar-refractivity contribution is 7.99. The molecular weight excluding hydrogens is 809 g/mol. The van der Waals surface area contributed by atoms with Gasteiger partial charge < -0.3 is 19.7 Å². The number of hydrogen-bond acceptors (Lipinski definition) is 11. The Morgan fingerprint density at radius 1 is 0.672 bits per heavy atom. The summed E-state index contributed by atoms with van der Waals surface area (Å²) < 4.78 is 37.0. The standard InChI is InChI=1S/C25H31NO5S.C24H29NO3S/c1-6-18-10-16(4)11-19(7-2)23(18)24-20(27)12-21(31-25(24)28)17(5)14-32(29,30)22-9-8-15(3)13-26-22;1-6-18-10-15(3)9-16(4)22(18)23-19(26)11-20(28-24(23)27)17(5)13-29-21-8-7-14(2)12-25-21/h8-11,13,17,21,27H,6-7,12,14H2,1-5H3;7-10,12,17,20,26H,6,11,13H2,1-5H3. The third-order valence-corrected chi connectivity index (χ3v) is 14.3. The van der Waals surface area contributed by atoms with Gasteiger partial charge in [-0.15, -0.1) is 11.8 Å². The number of carbonyl (C=O) groups is 2. The Labute approximate surface area is 365 Å². The van der Waals surface area contributed by atoms with Crippen LogP contribution in [0.1, 0.15) is 103 Å². The largest absolute Gasteiger partial charge is 0.511 e. The smallest absolute Gasteiger partial charge is 0.342 e. The van der Waals surface area contributed by atoms with Gasteiger partial charge in [0.25, 0.3) is 0 Å². The van der Waals surface area contributed by atoms with Crippen molar-refractivity contribution in [1.29, 1.82) is 0 Å². The van der Waals surface area contributed by atoms with Crippen LogP contribution in [0.2, 0.25) is 0 Å². The van der Waals surface area contributed by atoms with E-state index in [-0.39, 0.29) is 46.3 Å². The van der Waals surface area contributed by atoms with E-state index in [4.69, 9.17) is 9.47 Å². The highest BCUT2D eigenvalue weighted by atomic mass is 32.2. The Morgan fingerprint density at radius 3 is 1.62 bits per heavy atom. The van der Waals surface area contributed by atoms with E-state index >= 15 is 0 Å². The molecule has 12 heteroatoms. The van der Waals surface area contributed by atoms with E-state index in [2.05, 4.69) is 23.0 Å². The van der Waals surface area contributed by atoms with Crippen molar-refractivity contribution in [3.8, 4) is 0 Å².